The topological polar surface area (TPSA) is 118 Å². The first-order valence-corrected chi connectivity index (χ1v) is 11.3. The summed E-state index contributed by atoms with van der Waals surface area (Å²) in [5, 5.41) is 12.5. The second-order valence-corrected chi connectivity index (χ2v) is 10.1. The summed E-state index contributed by atoms with van der Waals surface area (Å²) in [6, 6.07) is 11.5. The summed E-state index contributed by atoms with van der Waals surface area (Å²) in [5.74, 6) is -1.70. The van der Waals surface area contributed by atoms with E-state index >= 15 is 0 Å². The Hall–Kier alpha value is -3.17. The number of carbonyl (C=O) groups is 1. The number of sulfone groups is 2. The minimum absolute atomic E-state index is 0.0267. The summed E-state index contributed by atoms with van der Waals surface area (Å²) >= 11 is 0. The van der Waals surface area contributed by atoms with Gasteiger partial charge in [-0.3, -0.25) is 4.79 Å². The van der Waals surface area contributed by atoms with Crippen LogP contribution in [0.2, 0.25) is 0 Å². The van der Waals surface area contributed by atoms with Crippen LogP contribution in [0, 0.1) is 0 Å². The maximum Gasteiger partial charge on any atom is 0.211 e. The van der Waals surface area contributed by atoms with Gasteiger partial charge >= 0.3 is 0 Å². The number of benzene rings is 2. The number of hydrogen-bond donors (Lipinski definition) is 0. The fourth-order valence-electron chi connectivity index (χ4n) is 3.23. The van der Waals surface area contributed by atoms with Crippen LogP contribution in [-0.2, 0) is 24.4 Å². The Morgan fingerprint density at radius 2 is 1.45 bits per heavy atom. The summed E-state index contributed by atoms with van der Waals surface area (Å²) in [6.07, 6.45) is 1.88. The van der Waals surface area contributed by atoms with Gasteiger partial charge in [0.1, 0.15) is 10.7 Å². The molecule has 2 aromatic carbocycles. The van der Waals surface area contributed by atoms with Crippen LogP contribution < -0.4 is 5.11 Å². The highest BCUT2D eigenvalue weighted by atomic mass is 32.2. The zero-order chi connectivity index (χ0) is 21.0. The highest BCUT2D eigenvalue weighted by molar-refractivity contribution is 7.97. The Labute approximate surface area is 167 Å². The summed E-state index contributed by atoms with van der Waals surface area (Å²) in [6.45, 7) is 0. The predicted octanol–water partition coefficient (Wildman–Crippen LogP) is 1.59. The number of rotatable bonds is 3. The van der Waals surface area contributed by atoms with Gasteiger partial charge in [0.25, 0.3) is 0 Å². The molecule has 0 spiro atoms. The first-order valence-electron chi connectivity index (χ1n) is 8.31. The van der Waals surface area contributed by atoms with Crippen molar-refractivity contribution in [3.63, 3.8) is 0 Å². The Morgan fingerprint density at radius 3 is 2.00 bits per heavy atom. The van der Waals surface area contributed by atoms with Crippen molar-refractivity contribution in [2.24, 2.45) is 0 Å². The molecule has 2 aliphatic heterocycles. The van der Waals surface area contributed by atoms with Crippen molar-refractivity contribution in [3.05, 3.63) is 87.4 Å². The third-order valence-electron chi connectivity index (χ3n) is 4.65. The fraction of sp³-hybridized carbons (Fsp3) is 0.0500. The first kappa shape index (κ1) is 19.2. The van der Waals surface area contributed by atoms with Crippen LogP contribution in [0.5, 0.6) is 0 Å². The lowest BCUT2D eigenvalue weighted by molar-refractivity contribution is -0.244. The molecule has 2 heterocycles. The average Bonchev–Trinajstić information content (AvgIpc) is 3.02. The van der Waals surface area contributed by atoms with Crippen LogP contribution in [-0.4, -0.2) is 29.7 Å². The van der Waals surface area contributed by atoms with Gasteiger partial charge in [-0.15, -0.1) is 0 Å². The van der Waals surface area contributed by atoms with Gasteiger partial charge in [-0.05, 0) is 29.8 Å². The molecule has 0 amide bonds. The quantitative estimate of drug-likeness (QED) is 0.537. The van der Waals surface area contributed by atoms with Crippen LogP contribution in [0.25, 0.3) is 5.76 Å². The van der Waals surface area contributed by atoms with E-state index in [0.717, 1.165) is 12.2 Å². The summed E-state index contributed by atoms with van der Waals surface area (Å²) in [4.78, 5) is 11.2. The molecule has 0 N–H and O–H groups in total. The monoisotopic (exact) mass is 429 g/mol. The molecule has 0 saturated heterocycles. The van der Waals surface area contributed by atoms with Gasteiger partial charge in [-0.25, -0.2) is 16.8 Å². The maximum atomic E-state index is 12.7. The van der Waals surface area contributed by atoms with E-state index in [9.17, 15) is 26.7 Å². The van der Waals surface area contributed by atoms with E-state index in [-0.39, 0.29) is 26.7 Å². The van der Waals surface area contributed by atoms with Crippen LogP contribution in [0.15, 0.2) is 86.0 Å². The Morgan fingerprint density at radius 1 is 0.897 bits per heavy atom. The molecule has 9 heteroatoms. The molecule has 0 bridgehead atoms. The molecule has 29 heavy (non-hydrogen) atoms. The molecule has 0 aromatic heterocycles. The third kappa shape index (κ3) is 2.73. The molecular formula is C20H13O7S2-. The molecule has 2 aromatic rings. The molecule has 148 valence electrons. The Balaban J connectivity index is 1.86. The van der Waals surface area contributed by atoms with Crippen LogP contribution in [0.4, 0.5) is 0 Å². The van der Waals surface area contributed by atoms with E-state index in [1.807, 2.05) is 0 Å². The van der Waals surface area contributed by atoms with Crippen LogP contribution in [0.1, 0.15) is 15.9 Å². The summed E-state index contributed by atoms with van der Waals surface area (Å²) in [7, 11) is -6.98. The van der Waals surface area contributed by atoms with Crippen molar-refractivity contribution in [1.82, 2.24) is 0 Å². The normalized spacial score (nSPS) is 20.7. The summed E-state index contributed by atoms with van der Waals surface area (Å²) < 4.78 is 55.8. The SMILES string of the molecule is COC(=CC1=C([O-])c2ccccc2S1(=O)=O)C=C1C(=O)c2ccccc2S1(=O)=O. The standard InChI is InChI=1S/C20H14O7S2/c1-27-12(10-17-19(21)13-6-2-4-8-15(13)28(17,23)24)11-18-20(22)14-7-3-5-9-16(14)29(18,25)26/h2-11,21H,1H3/p-1. The fourth-order valence-corrected chi connectivity index (χ4v) is 6.37. The minimum atomic E-state index is -4.08. The largest absolute Gasteiger partial charge is 0.871 e. The second kappa shape index (κ2) is 6.43. The van der Waals surface area contributed by atoms with Gasteiger partial charge < -0.3 is 9.84 Å². The number of Topliss-reactive ketones (excluding diaryl/α,β-unsaturated/α-hetero) is 1. The molecule has 2 aliphatic rings. The van der Waals surface area contributed by atoms with E-state index in [1.54, 1.807) is 12.1 Å². The number of fused-ring (bicyclic) bond motifs is 2. The lowest BCUT2D eigenvalue weighted by atomic mass is 10.1. The molecule has 0 fully saturated rings. The Kier molecular flexibility index (Phi) is 4.25. The molecule has 0 saturated carbocycles. The van der Waals surface area contributed by atoms with Crippen molar-refractivity contribution in [3.8, 4) is 0 Å². The van der Waals surface area contributed by atoms with Crippen molar-refractivity contribution in [2.75, 3.05) is 7.11 Å². The number of ketones is 1. The van der Waals surface area contributed by atoms with E-state index in [1.165, 1.54) is 43.5 Å². The molecule has 0 aliphatic carbocycles. The zero-order valence-electron chi connectivity index (χ0n) is 14.9. The number of methoxy groups -OCH3 is 1. The molecule has 4 rings (SSSR count). The highest BCUT2D eigenvalue weighted by Gasteiger charge is 2.39. The van der Waals surface area contributed by atoms with Crippen molar-refractivity contribution in [2.45, 2.75) is 9.79 Å². The third-order valence-corrected chi connectivity index (χ3v) is 8.29. The van der Waals surface area contributed by atoms with Gasteiger partial charge in [0.15, 0.2) is 0 Å². The first-order chi connectivity index (χ1) is 13.7. The van der Waals surface area contributed by atoms with Crippen molar-refractivity contribution < 1.29 is 31.5 Å². The van der Waals surface area contributed by atoms with Crippen molar-refractivity contribution >= 4 is 31.2 Å². The number of ether oxygens (including phenoxy) is 1. The van der Waals surface area contributed by atoms with Gasteiger partial charge in [-0.2, -0.15) is 0 Å². The predicted molar refractivity (Wildman–Crippen MR) is 102 cm³/mol. The van der Waals surface area contributed by atoms with E-state index in [0.29, 0.717) is 0 Å². The van der Waals surface area contributed by atoms with E-state index < -0.39 is 41.0 Å². The van der Waals surface area contributed by atoms with E-state index in [2.05, 4.69) is 0 Å². The summed E-state index contributed by atoms with van der Waals surface area (Å²) in [5.41, 5.74) is 0.0534. The smallest absolute Gasteiger partial charge is 0.211 e. The lowest BCUT2D eigenvalue weighted by Crippen LogP contribution is -2.06. The molecular weight excluding hydrogens is 416 g/mol. The van der Waals surface area contributed by atoms with Gasteiger partial charge in [0.05, 0.1) is 21.8 Å². The maximum absolute atomic E-state index is 12.7. The van der Waals surface area contributed by atoms with Gasteiger partial charge in [-0.1, -0.05) is 36.1 Å². The number of hydrogen-bond acceptors (Lipinski definition) is 7. The van der Waals surface area contributed by atoms with Crippen LogP contribution in [0.3, 0.4) is 0 Å². The molecule has 0 unspecified atom stereocenters. The molecule has 0 radical (unpaired) electrons. The average molecular weight is 429 g/mol. The number of allylic oxidation sites excluding steroid dienone is 3. The number of carbonyl (C=O) groups excluding carboxylic acids is 1. The highest BCUT2D eigenvalue weighted by Crippen LogP contribution is 2.38. The minimum Gasteiger partial charge on any atom is -0.871 e. The molecule has 0 atom stereocenters. The van der Waals surface area contributed by atoms with E-state index in [4.69, 9.17) is 4.74 Å². The molecule has 7 nitrogen and oxygen atoms in total. The Bertz CT molecular complexity index is 1380. The van der Waals surface area contributed by atoms with Gasteiger partial charge in [0, 0.05) is 11.6 Å². The zero-order valence-corrected chi connectivity index (χ0v) is 16.6. The van der Waals surface area contributed by atoms with Gasteiger partial charge in [0.2, 0.25) is 25.5 Å². The van der Waals surface area contributed by atoms with Crippen molar-refractivity contribution in [1.29, 1.82) is 0 Å². The second-order valence-electron chi connectivity index (χ2n) is 6.28. The van der Waals surface area contributed by atoms with Crippen LogP contribution >= 0.6 is 0 Å². The lowest BCUT2D eigenvalue weighted by Gasteiger charge is -2.09.